The van der Waals surface area contributed by atoms with Crippen molar-refractivity contribution in [3.63, 3.8) is 0 Å². The van der Waals surface area contributed by atoms with E-state index in [-0.39, 0.29) is 32.3 Å². The molecule has 0 aliphatic heterocycles. The quantitative estimate of drug-likeness (QED) is 0.490. The van der Waals surface area contributed by atoms with Gasteiger partial charge in [0.05, 0.1) is 12.5 Å². The Morgan fingerprint density at radius 3 is 2.19 bits per heavy atom. The van der Waals surface area contributed by atoms with Crippen molar-refractivity contribution >= 4 is 18.0 Å². The Labute approximate surface area is 186 Å². The van der Waals surface area contributed by atoms with Gasteiger partial charge in [-0.1, -0.05) is 48.5 Å². The number of carbonyl (C=O) groups excluding carboxylic acids is 2. The van der Waals surface area contributed by atoms with E-state index in [0.29, 0.717) is 0 Å². The molecule has 0 aromatic heterocycles. The van der Waals surface area contributed by atoms with Crippen molar-refractivity contribution in [2.24, 2.45) is 5.92 Å². The lowest BCUT2D eigenvalue weighted by molar-refractivity contribution is -0.142. The molecule has 0 radical (unpaired) electrons. The predicted octanol–water partition coefficient (Wildman–Crippen LogP) is 2.77. The molecule has 0 fully saturated rings. The molecule has 1 aliphatic rings. The van der Waals surface area contributed by atoms with Crippen molar-refractivity contribution in [2.75, 3.05) is 26.4 Å². The number of hydrogen-bond donors (Lipinski definition) is 3. The third-order valence-electron chi connectivity index (χ3n) is 5.62. The maximum atomic E-state index is 12.1. The van der Waals surface area contributed by atoms with Crippen molar-refractivity contribution in [3.05, 3.63) is 59.7 Å². The first-order chi connectivity index (χ1) is 15.4. The number of ether oxygens (including phenoxy) is 2. The van der Waals surface area contributed by atoms with E-state index >= 15 is 0 Å². The van der Waals surface area contributed by atoms with Gasteiger partial charge in [0.2, 0.25) is 5.91 Å². The molecule has 0 bridgehead atoms. The Balaban J connectivity index is 1.37. The number of carboxylic acid groups (broad SMARTS) is 1. The first kappa shape index (κ1) is 23.3. The molecule has 8 heteroatoms. The third-order valence-corrected chi connectivity index (χ3v) is 5.62. The summed E-state index contributed by atoms with van der Waals surface area (Å²) in [5.74, 6) is -2.10. The second-order valence-corrected chi connectivity index (χ2v) is 7.79. The highest BCUT2D eigenvalue weighted by molar-refractivity contribution is 5.79. The molecule has 2 aromatic carbocycles. The molecule has 8 nitrogen and oxygen atoms in total. The maximum Gasteiger partial charge on any atom is 0.407 e. The number of benzene rings is 2. The zero-order chi connectivity index (χ0) is 23.1. The zero-order valence-corrected chi connectivity index (χ0v) is 18.2. The Hall–Kier alpha value is -3.39. The molecule has 2 aromatic rings. The molecule has 170 valence electrons. The minimum absolute atomic E-state index is 0.0109. The predicted molar refractivity (Wildman–Crippen MR) is 118 cm³/mol. The summed E-state index contributed by atoms with van der Waals surface area (Å²) >= 11 is 0. The molecule has 32 heavy (non-hydrogen) atoms. The van der Waals surface area contributed by atoms with Crippen LogP contribution >= 0.6 is 0 Å². The minimum atomic E-state index is -0.981. The maximum absolute atomic E-state index is 12.1. The SMILES string of the molecule is CC(NC(=O)COCCNC(=O)OCC1c2ccccc2-c2ccccc21)C(C)C(=O)O. The van der Waals surface area contributed by atoms with Gasteiger partial charge in [0.1, 0.15) is 13.2 Å². The van der Waals surface area contributed by atoms with Crippen molar-refractivity contribution in [1.82, 2.24) is 10.6 Å². The van der Waals surface area contributed by atoms with Crippen molar-refractivity contribution in [2.45, 2.75) is 25.8 Å². The highest BCUT2D eigenvalue weighted by atomic mass is 16.5. The van der Waals surface area contributed by atoms with E-state index in [0.717, 1.165) is 22.3 Å². The van der Waals surface area contributed by atoms with Crippen LogP contribution in [-0.2, 0) is 19.1 Å². The molecular weight excluding hydrogens is 412 g/mol. The van der Waals surface area contributed by atoms with Crippen LogP contribution < -0.4 is 10.6 Å². The molecule has 3 N–H and O–H groups in total. The van der Waals surface area contributed by atoms with Crippen molar-refractivity contribution in [1.29, 1.82) is 0 Å². The summed E-state index contributed by atoms with van der Waals surface area (Å²) in [6.45, 7) is 3.46. The Morgan fingerprint density at radius 1 is 1.00 bits per heavy atom. The van der Waals surface area contributed by atoms with Crippen LogP contribution in [0.15, 0.2) is 48.5 Å². The van der Waals surface area contributed by atoms with Gasteiger partial charge in [-0.15, -0.1) is 0 Å². The monoisotopic (exact) mass is 440 g/mol. The van der Waals surface area contributed by atoms with Crippen LogP contribution in [0.5, 0.6) is 0 Å². The fourth-order valence-electron chi connectivity index (χ4n) is 3.67. The molecule has 0 saturated carbocycles. The topological polar surface area (TPSA) is 114 Å². The number of fused-ring (bicyclic) bond motifs is 3. The smallest absolute Gasteiger partial charge is 0.407 e. The summed E-state index contributed by atoms with van der Waals surface area (Å²) in [6.07, 6.45) is -0.552. The van der Waals surface area contributed by atoms with Gasteiger partial charge in [-0.3, -0.25) is 9.59 Å². The largest absolute Gasteiger partial charge is 0.481 e. The Kier molecular flexibility index (Phi) is 7.83. The summed E-state index contributed by atoms with van der Waals surface area (Å²) < 4.78 is 10.7. The standard InChI is InChI=1S/C24H28N2O6/c1-15(23(28)29)16(2)26-22(27)14-31-12-11-25-24(30)32-13-21-19-9-5-3-7-17(19)18-8-4-6-10-20(18)21/h3-10,15-16,21H,11-14H2,1-2H3,(H,25,30)(H,26,27)(H,28,29). The van der Waals surface area contributed by atoms with Crippen molar-refractivity contribution in [3.8, 4) is 11.1 Å². The summed E-state index contributed by atoms with van der Waals surface area (Å²) in [5, 5.41) is 14.1. The van der Waals surface area contributed by atoms with E-state index < -0.39 is 29.9 Å². The highest BCUT2D eigenvalue weighted by Gasteiger charge is 2.29. The van der Waals surface area contributed by atoms with Gasteiger partial charge in [-0.25, -0.2) is 4.79 Å². The molecule has 0 heterocycles. The van der Waals surface area contributed by atoms with Gasteiger partial charge in [0.25, 0.3) is 0 Å². The Morgan fingerprint density at radius 2 is 1.59 bits per heavy atom. The van der Waals surface area contributed by atoms with E-state index in [9.17, 15) is 14.4 Å². The fourth-order valence-corrected chi connectivity index (χ4v) is 3.67. The van der Waals surface area contributed by atoms with E-state index in [1.807, 2.05) is 24.3 Å². The number of carbonyl (C=O) groups is 3. The second kappa shape index (κ2) is 10.8. The number of rotatable bonds is 10. The lowest BCUT2D eigenvalue weighted by Crippen LogP contribution is -2.42. The summed E-state index contributed by atoms with van der Waals surface area (Å²) in [4.78, 5) is 34.8. The first-order valence-electron chi connectivity index (χ1n) is 10.6. The third kappa shape index (κ3) is 5.64. The number of aliphatic carboxylic acids is 1. The van der Waals surface area contributed by atoms with Gasteiger partial charge in [-0.2, -0.15) is 0 Å². The average Bonchev–Trinajstić information content (AvgIpc) is 3.10. The number of hydrogen-bond acceptors (Lipinski definition) is 5. The molecule has 2 atom stereocenters. The van der Waals surface area contributed by atoms with Gasteiger partial charge < -0.3 is 25.2 Å². The van der Waals surface area contributed by atoms with Crippen molar-refractivity contribution < 1.29 is 29.0 Å². The molecule has 0 spiro atoms. The Bertz CT molecular complexity index is 931. The average molecular weight is 440 g/mol. The second-order valence-electron chi connectivity index (χ2n) is 7.79. The van der Waals surface area contributed by atoms with E-state index in [1.54, 1.807) is 6.92 Å². The van der Waals surface area contributed by atoms with Crippen LogP contribution in [0.2, 0.25) is 0 Å². The van der Waals surface area contributed by atoms with Gasteiger partial charge >= 0.3 is 12.1 Å². The zero-order valence-electron chi connectivity index (χ0n) is 18.2. The number of nitrogens with one attached hydrogen (secondary N) is 2. The molecule has 1 aliphatic carbocycles. The minimum Gasteiger partial charge on any atom is -0.481 e. The lowest BCUT2D eigenvalue weighted by atomic mass is 9.98. The molecule has 2 amide bonds. The fraction of sp³-hybridized carbons (Fsp3) is 0.375. The van der Waals surface area contributed by atoms with E-state index in [4.69, 9.17) is 14.6 Å². The van der Waals surface area contributed by atoms with Crippen LogP contribution in [-0.4, -0.2) is 55.5 Å². The van der Waals surface area contributed by atoms with E-state index in [2.05, 4.69) is 34.9 Å². The number of amides is 2. The normalized spacial score (nSPS) is 14.1. The van der Waals surface area contributed by atoms with Gasteiger partial charge in [0, 0.05) is 18.5 Å². The molecular formula is C24H28N2O6. The molecule has 0 saturated heterocycles. The van der Waals surface area contributed by atoms with Crippen LogP contribution in [0.4, 0.5) is 4.79 Å². The number of carboxylic acids is 1. The summed E-state index contributed by atoms with van der Waals surface area (Å²) in [5.41, 5.74) is 4.61. The van der Waals surface area contributed by atoms with E-state index in [1.165, 1.54) is 6.92 Å². The van der Waals surface area contributed by atoms with Gasteiger partial charge in [-0.05, 0) is 36.1 Å². The van der Waals surface area contributed by atoms with Gasteiger partial charge in [0.15, 0.2) is 0 Å². The summed E-state index contributed by atoms with van der Waals surface area (Å²) in [6, 6.07) is 15.7. The van der Waals surface area contributed by atoms with Crippen LogP contribution in [0, 0.1) is 5.92 Å². The molecule has 2 unspecified atom stereocenters. The summed E-state index contributed by atoms with van der Waals surface area (Å²) in [7, 11) is 0. The lowest BCUT2D eigenvalue weighted by Gasteiger charge is -2.17. The van der Waals surface area contributed by atoms with Crippen LogP contribution in [0.25, 0.3) is 11.1 Å². The molecule has 3 rings (SSSR count). The number of alkyl carbamates (subject to hydrolysis) is 1. The highest BCUT2D eigenvalue weighted by Crippen LogP contribution is 2.44. The first-order valence-corrected chi connectivity index (χ1v) is 10.6. The van der Waals surface area contributed by atoms with Crippen LogP contribution in [0.3, 0.4) is 0 Å². The van der Waals surface area contributed by atoms with Crippen LogP contribution in [0.1, 0.15) is 30.9 Å².